The molecule has 8 heteroatoms. The zero-order valence-corrected chi connectivity index (χ0v) is 19.5. The summed E-state index contributed by atoms with van der Waals surface area (Å²) in [7, 11) is 0. The Bertz CT molecular complexity index is 1000. The van der Waals surface area contributed by atoms with Crippen molar-refractivity contribution in [3.05, 3.63) is 75.0 Å². The predicted molar refractivity (Wildman–Crippen MR) is 126 cm³/mol. The molecule has 1 N–H and O–H groups in total. The molecule has 1 aromatic heterocycles. The molecule has 2 heterocycles. The van der Waals surface area contributed by atoms with E-state index in [1.54, 1.807) is 0 Å². The van der Waals surface area contributed by atoms with Gasteiger partial charge in [-0.2, -0.15) is 4.37 Å². The number of amides is 1. The summed E-state index contributed by atoms with van der Waals surface area (Å²) in [6, 6.07) is 15.3. The lowest BCUT2D eigenvalue weighted by atomic mass is 9.97. The van der Waals surface area contributed by atoms with Crippen LogP contribution in [0.2, 0.25) is 5.02 Å². The first-order valence-corrected chi connectivity index (χ1v) is 11.9. The highest BCUT2D eigenvalue weighted by atomic mass is 79.9. The minimum Gasteiger partial charge on any atom is -0.352 e. The lowest BCUT2D eigenvalue weighted by molar-refractivity contribution is 0.0945. The van der Waals surface area contributed by atoms with Gasteiger partial charge in [0, 0.05) is 52.6 Å². The van der Waals surface area contributed by atoms with E-state index in [-0.39, 0.29) is 5.91 Å². The molecule has 0 saturated carbocycles. The zero-order valence-electron chi connectivity index (χ0n) is 16.4. The molecule has 1 fully saturated rings. The number of halogens is 2. The molecule has 30 heavy (non-hydrogen) atoms. The molecule has 4 rings (SSSR count). The van der Waals surface area contributed by atoms with E-state index in [1.807, 2.05) is 48.5 Å². The average Bonchev–Trinajstić information content (AvgIpc) is 3.22. The van der Waals surface area contributed by atoms with Crippen molar-refractivity contribution in [2.24, 2.45) is 5.92 Å². The number of benzene rings is 2. The topological polar surface area (TPSA) is 58.1 Å². The highest BCUT2D eigenvalue weighted by molar-refractivity contribution is 9.10. The summed E-state index contributed by atoms with van der Waals surface area (Å²) in [5.41, 5.74) is 1.84. The van der Waals surface area contributed by atoms with Crippen molar-refractivity contribution in [1.82, 2.24) is 14.7 Å². The highest BCUT2D eigenvalue weighted by Gasteiger charge is 2.22. The number of hydrogen-bond donors (Lipinski definition) is 1. The van der Waals surface area contributed by atoms with Crippen molar-refractivity contribution in [1.29, 1.82) is 0 Å². The monoisotopic (exact) mass is 504 g/mol. The summed E-state index contributed by atoms with van der Waals surface area (Å²) < 4.78 is 5.44. The Hall–Kier alpha value is -1.96. The van der Waals surface area contributed by atoms with Crippen LogP contribution in [0.25, 0.3) is 0 Å². The van der Waals surface area contributed by atoms with Crippen LogP contribution in [0.1, 0.15) is 34.6 Å². The van der Waals surface area contributed by atoms with Gasteiger partial charge in [-0.1, -0.05) is 45.7 Å². The molecule has 0 aliphatic carbocycles. The molecule has 156 valence electrons. The number of carbonyl (C=O) groups excluding carboxylic acids is 1. The largest absolute Gasteiger partial charge is 0.352 e. The molecule has 1 aliphatic rings. The third kappa shape index (κ3) is 5.59. The molecule has 0 atom stereocenters. The maximum absolute atomic E-state index is 12.3. The molecule has 0 bridgehead atoms. The van der Waals surface area contributed by atoms with Gasteiger partial charge in [0.25, 0.3) is 5.91 Å². The van der Waals surface area contributed by atoms with Crippen LogP contribution in [0.4, 0.5) is 5.13 Å². The second kappa shape index (κ2) is 9.90. The van der Waals surface area contributed by atoms with Crippen molar-refractivity contribution in [2.75, 3.05) is 24.5 Å². The van der Waals surface area contributed by atoms with Crippen LogP contribution in [0, 0.1) is 5.92 Å². The fourth-order valence-electron chi connectivity index (χ4n) is 3.53. The van der Waals surface area contributed by atoms with E-state index >= 15 is 0 Å². The standard InChI is InChI=1S/C22H22BrClN4OS/c23-18-3-1-2-17(13-18)21(29)25-14-16-8-10-28(11-9-16)22-26-20(27-30-22)12-15-4-6-19(24)7-5-15/h1-7,13,16H,8-12,14H2,(H,25,29). The van der Waals surface area contributed by atoms with Gasteiger partial charge < -0.3 is 10.2 Å². The second-order valence-corrected chi connectivity index (χ2v) is 9.53. The van der Waals surface area contributed by atoms with Gasteiger partial charge in [-0.3, -0.25) is 4.79 Å². The lowest BCUT2D eigenvalue weighted by Crippen LogP contribution is -2.38. The van der Waals surface area contributed by atoms with E-state index in [9.17, 15) is 4.79 Å². The molecular weight excluding hydrogens is 484 g/mol. The fraction of sp³-hybridized carbons (Fsp3) is 0.318. The van der Waals surface area contributed by atoms with Crippen LogP contribution >= 0.6 is 39.1 Å². The van der Waals surface area contributed by atoms with Crippen LogP contribution in [-0.2, 0) is 6.42 Å². The van der Waals surface area contributed by atoms with E-state index in [4.69, 9.17) is 16.6 Å². The number of anilines is 1. The van der Waals surface area contributed by atoms with Crippen LogP contribution in [0.15, 0.2) is 53.0 Å². The number of hydrogen-bond acceptors (Lipinski definition) is 5. The van der Waals surface area contributed by atoms with Crippen LogP contribution < -0.4 is 10.2 Å². The molecular formula is C22H22BrClN4OS. The van der Waals surface area contributed by atoms with Gasteiger partial charge in [-0.15, -0.1) is 0 Å². The predicted octanol–water partition coefficient (Wildman–Crippen LogP) is 5.19. The first-order chi connectivity index (χ1) is 14.6. The fourth-order valence-corrected chi connectivity index (χ4v) is 4.79. The van der Waals surface area contributed by atoms with Gasteiger partial charge in [0.2, 0.25) is 5.13 Å². The van der Waals surface area contributed by atoms with Gasteiger partial charge in [0.15, 0.2) is 0 Å². The summed E-state index contributed by atoms with van der Waals surface area (Å²) in [5.74, 6) is 1.31. The Morgan fingerprint density at radius 2 is 1.97 bits per heavy atom. The maximum Gasteiger partial charge on any atom is 0.251 e. The molecule has 1 amide bonds. The normalized spacial score (nSPS) is 14.7. The van der Waals surface area contributed by atoms with Crippen molar-refractivity contribution in [3.8, 4) is 0 Å². The van der Waals surface area contributed by atoms with E-state index in [0.717, 1.165) is 51.9 Å². The quantitative estimate of drug-likeness (QED) is 0.501. The molecule has 0 spiro atoms. The van der Waals surface area contributed by atoms with E-state index in [2.05, 4.69) is 30.5 Å². The Balaban J connectivity index is 1.25. The Morgan fingerprint density at radius 3 is 2.70 bits per heavy atom. The smallest absolute Gasteiger partial charge is 0.251 e. The number of piperidine rings is 1. The average molecular weight is 506 g/mol. The number of aromatic nitrogens is 2. The third-order valence-electron chi connectivity index (χ3n) is 5.26. The first-order valence-electron chi connectivity index (χ1n) is 9.92. The van der Waals surface area contributed by atoms with Crippen LogP contribution in [0.5, 0.6) is 0 Å². The molecule has 1 saturated heterocycles. The van der Waals surface area contributed by atoms with Gasteiger partial charge in [0.1, 0.15) is 5.82 Å². The molecule has 0 unspecified atom stereocenters. The summed E-state index contributed by atoms with van der Waals surface area (Å²) in [4.78, 5) is 19.4. The van der Waals surface area contributed by atoms with Gasteiger partial charge in [0.05, 0.1) is 0 Å². The van der Waals surface area contributed by atoms with E-state index in [1.165, 1.54) is 11.5 Å². The van der Waals surface area contributed by atoms with Crippen LogP contribution in [-0.4, -0.2) is 34.9 Å². The van der Waals surface area contributed by atoms with E-state index < -0.39 is 0 Å². The number of rotatable bonds is 6. The molecule has 0 radical (unpaired) electrons. The van der Waals surface area contributed by atoms with Gasteiger partial charge in [-0.25, -0.2) is 4.98 Å². The molecule has 2 aromatic carbocycles. The van der Waals surface area contributed by atoms with Crippen molar-refractivity contribution < 1.29 is 4.79 Å². The summed E-state index contributed by atoms with van der Waals surface area (Å²) in [5, 5.41) is 4.79. The van der Waals surface area contributed by atoms with Crippen molar-refractivity contribution >= 4 is 50.1 Å². The number of nitrogens with zero attached hydrogens (tertiary/aromatic N) is 3. The summed E-state index contributed by atoms with van der Waals surface area (Å²) >= 11 is 10.8. The third-order valence-corrected chi connectivity index (χ3v) is 6.82. The van der Waals surface area contributed by atoms with Gasteiger partial charge >= 0.3 is 0 Å². The van der Waals surface area contributed by atoms with Gasteiger partial charge in [-0.05, 0) is 54.7 Å². The lowest BCUT2D eigenvalue weighted by Gasteiger charge is -2.31. The Labute approximate surface area is 193 Å². The first kappa shape index (κ1) is 21.3. The second-order valence-electron chi connectivity index (χ2n) is 7.45. The van der Waals surface area contributed by atoms with Crippen molar-refractivity contribution in [2.45, 2.75) is 19.3 Å². The highest BCUT2D eigenvalue weighted by Crippen LogP contribution is 2.25. The van der Waals surface area contributed by atoms with Crippen LogP contribution in [0.3, 0.4) is 0 Å². The molecule has 5 nitrogen and oxygen atoms in total. The van der Waals surface area contributed by atoms with Crippen molar-refractivity contribution in [3.63, 3.8) is 0 Å². The van der Waals surface area contributed by atoms with E-state index in [0.29, 0.717) is 24.4 Å². The Kier molecular flexibility index (Phi) is 7.02. The minimum absolute atomic E-state index is 0.0188. The maximum atomic E-state index is 12.3. The molecule has 1 aliphatic heterocycles. The Morgan fingerprint density at radius 1 is 1.20 bits per heavy atom. The minimum atomic E-state index is -0.0188. The summed E-state index contributed by atoms with van der Waals surface area (Å²) in [6.45, 7) is 2.58. The number of nitrogens with one attached hydrogen (secondary N) is 1. The molecule has 3 aromatic rings. The summed E-state index contributed by atoms with van der Waals surface area (Å²) in [6.07, 6.45) is 2.78. The zero-order chi connectivity index (χ0) is 20.9. The number of carbonyl (C=O) groups is 1. The SMILES string of the molecule is O=C(NCC1CCN(c2nc(Cc3ccc(Cl)cc3)ns2)CC1)c1cccc(Br)c1.